The van der Waals surface area contributed by atoms with Crippen LogP contribution in [0.15, 0.2) is 0 Å². The molecule has 2 aliphatic heterocycles. The first kappa shape index (κ1) is 18.6. The molecule has 0 unspecified atom stereocenters. The smallest absolute Gasteiger partial charge is 0.217 e. The van der Waals surface area contributed by atoms with Gasteiger partial charge in [0.25, 0.3) is 0 Å². The van der Waals surface area contributed by atoms with Crippen molar-refractivity contribution in [1.29, 1.82) is 0 Å². The van der Waals surface area contributed by atoms with Gasteiger partial charge in [0.2, 0.25) is 15.9 Å². The van der Waals surface area contributed by atoms with Crippen LogP contribution in [0.4, 0.5) is 0 Å². The van der Waals surface area contributed by atoms with Crippen LogP contribution in [-0.4, -0.2) is 78.3 Å². The van der Waals surface area contributed by atoms with Gasteiger partial charge in [-0.2, -0.15) is 4.31 Å². The average Bonchev–Trinajstić information content (AvgIpc) is 2.83. The van der Waals surface area contributed by atoms with Gasteiger partial charge in [-0.3, -0.25) is 4.79 Å². The molecule has 0 bridgehead atoms. The number of piperidine rings is 1. The van der Waals surface area contributed by atoms with E-state index in [-0.39, 0.29) is 18.5 Å². The predicted molar refractivity (Wildman–Crippen MR) is 88.5 cm³/mol. The van der Waals surface area contributed by atoms with E-state index in [1.165, 1.54) is 11.2 Å². The van der Waals surface area contributed by atoms with E-state index in [4.69, 9.17) is 0 Å². The number of nitrogens with zero attached hydrogens (tertiary/aromatic N) is 2. The van der Waals surface area contributed by atoms with Crippen LogP contribution in [0, 0.1) is 0 Å². The molecule has 0 aliphatic carbocycles. The Hall–Kier alpha value is -0.700. The van der Waals surface area contributed by atoms with Gasteiger partial charge in [0.1, 0.15) is 0 Å². The van der Waals surface area contributed by atoms with Crippen LogP contribution in [0.5, 0.6) is 0 Å². The summed E-state index contributed by atoms with van der Waals surface area (Å²) in [5.74, 6) is -0.00703. The van der Waals surface area contributed by atoms with Crippen molar-refractivity contribution >= 4 is 15.9 Å². The summed E-state index contributed by atoms with van der Waals surface area (Å²) in [6.07, 6.45) is 2.21. The predicted octanol–water partition coefficient (Wildman–Crippen LogP) is -0.238. The van der Waals surface area contributed by atoms with Gasteiger partial charge >= 0.3 is 0 Å². The number of nitrogens with one attached hydrogen (secondary N) is 1. The van der Waals surface area contributed by atoms with Gasteiger partial charge in [0.05, 0.1) is 10.9 Å². The second-order valence-corrected chi connectivity index (χ2v) is 9.64. The van der Waals surface area contributed by atoms with E-state index in [0.29, 0.717) is 19.5 Å². The maximum atomic E-state index is 12.2. The third-order valence-corrected chi connectivity index (χ3v) is 6.99. The van der Waals surface area contributed by atoms with Gasteiger partial charge in [-0.15, -0.1) is 0 Å². The molecule has 0 spiro atoms. The number of hydrogen-bond acceptors (Lipinski definition) is 5. The molecule has 2 aliphatic rings. The molecule has 0 saturated carbocycles. The first-order valence-electron chi connectivity index (χ1n) is 8.33. The molecule has 8 heteroatoms. The quantitative estimate of drug-likeness (QED) is 0.716. The Bertz CT molecular complexity index is 529. The second kappa shape index (κ2) is 7.04. The number of carbonyl (C=O) groups excluding carboxylic acids is 1. The summed E-state index contributed by atoms with van der Waals surface area (Å²) in [6.45, 7) is 7.53. The fourth-order valence-corrected chi connectivity index (χ4v) is 4.77. The molecule has 1 atom stereocenters. The zero-order valence-electron chi connectivity index (χ0n) is 14.3. The first-order valence-corrected chi connectivity index (χ1v) is 9.83. The molecule has 2 N–H and O–H groups in total. The molecule has 0 aromatic heterocycles. The molecule has 2 fully saturated rings. The van der Waals surface area contributed by atoms with Crippen LogP contribution in [0.3, 0.4) is 0 Å². The van der Waals surface area contributed by atoms with Crippen molar-refractivity contribution in [3.8, 4) is 0 Å². The number of rotatable bonds is 5. The standard InChI is InChI=1S/C15H29N3O4S/c1-12(2)23(21,22)18-9-6-15(20,11-18)10-17-7-4-14(5-8-17)16-13(3)19/h12,14,20H,4-11H2,1-3H3,(H,16,19)/t15-/m1/s1. The highest BCUT2D eigenvalue weighted by Gasteiger charge is 2.43. The van der Waals surface area contributed by atoms with Crippen LogP contribution in [0.25, 0.3) is 0 Å². The molecule has 0 aromatic carbocycles. The van der Waals surface area contributed by atoms with Gasteiger partial charge in [-0.1, -0.05) is 0 Å². The largest absolute Gasteiger partial charge is 0.387 e. The summed E-state index contributed by atoms with van der Waals surface area (Å²) in [7, 11) is -3.30. The molecule has 7 nitrogen and oxygen atoms in total. The fraction of sp³-hybridized carbons (Fsp3) is 0.933. The van der Waals surface area contributed by atoms with Crippen molar-refractivity contribution < 1.29 is 18.3 Å². The molecule has 2 rings (SSSR count). The maximum Gasteiger partial charge on any atom is 0.217 e. The van der Waals surface area contributed by atoms with Crippen molar-refractivity contribution in [3.63, 3.8) is 0 Å². The Kier molecular flexibility index (Phi) is 5.71. The lowest BCUT2D eigenvalue weighted by molar-refractivity contribution is -0.120. The minimum Gasteiger partial charge on any atom is -0.387 e. The lowest BCUT2D eigenvalue weighted by atomic mass is 9.99. The van der Waals surface area contributed by atoms with E-state index in [1.807, 2.05) is 0 Å². The number of amides is 1. The average molecular weight is 347 g/mol. The Morgan fingerprint density at radius 1 is 1.30 bits per heavy atom. The van der Waals surface area contributed by atoms with Crippen LogP contribution >= 0.6 is 0 Å². The second-order valence-electron chi connectivity index (χ2n) is 7.15. The molecule has 134 valence electrons. The minimum atomic E-state index is -3.30. The third-order valence-electron chi connectivity index (χ3n) is 4.77. The first-order chi connectivity index (χ1) is 10.6. The Labute approximate surface area is 139 Å². The maximum absolute atomic E-state index is 12.2. The highest BCUT2D eigenvalue weighted by Crippen LogP contribution is 2.27. The minimum absolute atomic E-state index is 0.00703. The molecule has 1 amide bonds. The zero-order valence-corrected chi connectivity index (χ0v) is 15.1. The fourth-order valence-electron chi connectivity index (χ4n) is 3.40. The van der Waals surface area contributed by atoms with Gasteiger partial charge < -0.3 is 15.3 Å². The summed E-state index contributed by atoms with van der Waals surface area (Å²) in [5.41, 5.74) is -0.969. The summed E-state index contributed by atoms with van der Waals surface area (Å²) in [6, 6.07) is 0.208. The Morgan fingerprint density at radius 2 is 1.91 bits per heavy atom. The van der Waals surface area contributed by atoms with E-state index < -0.39 is 20.9 Å². The summed E-state index contributed by atoms with van der Waals surface area (Å²) < 4.78 is 25.9. The van der Waals surface area contributed by atoms with Crippen LogP contribution in [0.1, 0.15) is 40.0 Å². The highest BCUT2D eigenvalue weighted by molar-refractivity contribution is 7.89. The molecule has 23 heavy (non-hydrogen) atoms. The number of likely N-dealkylation sites (tertiary alicyclic amines) is 1. The topological polar surface area (TPSA) is 90.0 Å². The SMILES string of the molecule is CC(=O)NC1CCN(C[C@]2(O)CCN(S(=O)(=O)C(C)C)C2)CC1. The normalized spacial score (nSPS) is 28.4. The molecule has 0 radical (unpaired) electrons. The van der Waals surface area contributed by atoms with Gasteiger partial charge in [0, 0.05) is 45.7 Å². The molecular formula is C15H29N3O4S. The van der Waals surface area contributed by atoms with Crippen molar-refractivity contribution in [2.45, 2.75) is 56.9 Å². The Balaban J connectivity index is 1.86. The number of sulfonamides is 1. The Morgan fingerprint density at radius 3 is 2.43 bits per heavy atom. The summed E-state index contributed by atoms with van der Waals surface area (Å²) >= 11 is 0. The lowest BCUT2D eigenvalue weighted by Gasteiger charge is -2.36. The van der Waals surface area contributed by atoms with Crippen molar-refractivity contribution in [1.82, 2.24) is 14.5 Å². The number of carbonyl (C=O) groups is 1. The number of hydrogen-bond donors (Lipinski definition) is 2. The summed E-state index contributed by atoms with van der Waals surface area (Å²) in [5, 5.41) is 13.2. The third kappa shape index (κ3) is 4.65. The number of β-amino-alcohol motifs (C(OH)–C–C–N with tert-alkyl or cyclic N) is 1. The van der Waals surface area contributed by atoms with E-state index in [2.05, 4.69) is 10.2 Å². The molecular weight excluding hydrogens is 318 g/mol. The lowest BCUT2D eigenvalue weighted by Crippen LogP contribution is -2.51. The van der Waals surface area contributed by atoms with E-state index in [1.54, 1.807) is 13.8 Å². The number of aliphatic hydroxyl groups is 1. The molecule has 2 saturated heterocycles. The zero-order chi connectivity index (χ0) is 17.3. The van der Waals surface area contributed by atoms with E-state index in [9.17, 15) is 18.3 Å². The van der Waals surface area contributed by atoms with Crippen LogP contribution in [0.2, 0.25) is 0 Å². The van der Waals surface area contributed by atoms with Crippen LogP contribution < -0.4 is 5.32 Å². The van der Waals surface area contributed by atoms with Gasteiger partial charge in [-0.05, 0) is 33.1 Å². The summed E-state index contributed by atoms with van der Waals surface area (Å²) in [4.78, 5) is 13.3. The van der Waals surface area contributed by atoms with E-state index in [0.717, 1.165) is 25.9 Å². The van der Waals surface area contributed by atoms with Gasteiger partial charge in [-0.25, -0.2) is 8.42 Å². The van der Waals surface area contributed by atoms with E-state index >= 15 is 0 Å². The van der Waals surface area contributed by atoms with Crippen molar-refractivity contribution in [2.75, 3.05) is 32.7 Å². The van der Waals surface area contributed by atoms with Gasteiger partial charge in [0.15, 0.2) is 0 Å². The molecule has 0 aromatic rings. The van der Waals surface area contributed by atoms with Crippen LogP contribution in [-0.2, 0) is 14.8 Å². The highest BCUT2D eigenvalue weighted by atomic mass is 32.2. The molecule has 2 heterocycles. The van der Waals surface area contributed by atoms with Crippen molar-refractivity contribution in [2.24, 2.45) is 0 Å². The monoisotopic (exact) mass is 347 g/mol. The van der Waals surface area contributed by atoms with Crippen molar-refractivity contribution in [3.05, 3.63) is 0 Å².